The summed E-state index contributed by atoms with van der Waals surface area (Å²) < 4.78 is 10.8. The summed E-state index contributed by atoms with van der Waals surface area (Å²) in [6.07, 6.45) is -2.95. The van der Waals surface area contributed by atoms with Crippen molar-refractivity contribution in [3.63, 3.8) is 0 Å². The zero-order valence-corrected chi connectivity index (χ0v) is 15.9. The van der Waals surface area contributed by atoms with Gasteiger partial charge in [-0.25, -0.2) is 4.79 Å². The molecule has 0 aliphatic rings. The predicted octanol–water partition coefficient (Wildman–Crippen LogP) is 3.18. The van der Waals surface area contributed by atoms with Crippen LogP contribution in [0.2, 0.25) is 0 Å². The number of amides is 1. The van der Waals surface area contributed by atoms with Crippen LogP contribution in [0.15, 0.2) is 54.6 Å². The third-order valence-corrected chi connectivity index (χ3v) is 3.68. The van der Waals surface area contributed by atoms with E-state index in [1.165, 1.54) is 0 Å². The first-order valence-electron chi connectivity index (χ1n) is 8.84. The number of hydrogen-bond acceptors (Lipinski definition) is 5. The van der Waals surface area contributed by atoms with Crippen molar-refractivity contribution in [1.82, 2.24) is 5.32 Å². The molecule has 2 aromatic carbocycles. The monoisotopic (exact) mass is 373 g/mol. The number of carbonyl (C=O) groups excluding carboxylic acids is 1. The van der Waals surface area contributed by atoms with Crippen LogP contribution < -0.4 is 10.1 Å². The second-order valence-corrected chi connectivity index (χ2v) is 7.24. The average Bonchev–Trinajstić information content (AvgIpc) is 2.64. The van der Waals surface area contributed by atoms with Gasteiger partial charge >= 0.3 is 6.09 Å². The molecule has 6 heteroatoms. The Morgan fingerprint density at radius 2 is 1.67 bits per heavy atom. The molecule has 0 aromatic heterocycles. The number of benzene rings is 2. The minimum absolute atomic E-state index is 0.130. The van der Waals surface area contributed by atoms with E-state index in [1.54, 1.807) is 24.3 Å². The molecule has 0 spiro atoms. The van der Waals surface area contributed by atoms with Crippen molar-refractivity contribution >= 4 is 6.09 Å². The highest BCUT2D eigenvalue weighted by atomic mass is 16.5. The van der Waals surface area contributed by atoms with E-state index in [0.717, 1.165) is 5.56 Å². The lowest BCUT2D eigenvalue weighted by molar-refractivity contribution is 0.0183. The van der Waals surface area contributed by atoms with E-state index in [4.69, 9.17) is 9.47 Å². The van der Waals surface area contributed by atoms with Gasteiger partial charge in [0.25, 0.3) is 0 Å². The lowest BCUT2D eigenvalue weighted by Crippen LogP contribution is -2.35. The van der Waals surface area contributed by atoms with Gasteiger partial charge in [0.15, 0.2) is 0 Å². The Kier molecular flexibility index (Phi) is 7.21. The Morgan fingerprint density at radius 3 is 2.26 bits per heavy atom. The van der Waals surface area contributed by atoms with Crippen molar-refractivity contribution in [2.24, 2.45) is 0 Å². The van der Waals surface area contributed by atoms with Crippen LogP contribution in [0.25, 0.3) is 0 Å². The molecular weight excluding hydrogens is 346 g/mol. The molecule has 146 valence electrons. The summed E-state index contributed by atoms with van der Waals surface area (Å²) in [6.45, 7) is 5.85. The molecule has 2 aromatic rings. The van der Waals surface area contributed by atoms with Gasteiger partial charge in [-0.15, -0.1) is 0 Å². The minimum Gasteiger partial charge on any atom is -0.488 e. The molecule has 0 aliphatic carbocycles. The van der Waals surface area contributed by atoms with Gasteiger partial charge in [-0.3, -0.25) is 0 Å². The fraction of sp³-hybridized carbons (Fsp3) is 0.381. The van der Waals surface area contributed by atoms with Crippen LogP contribution in [-0.2, 0) is 11.3 Å². The Balaban J connectivity index is 1.79. The Morgan fingerprint density at radius 1 is 1.04 bits per heavy atom. The Bertz CT molecular complexity index is 710. The molecule has 0 radical (unpaired) electrons. The van der Waals surface area contributed by atoms with Crippen LogP contribution in [0.4, 0.5) is 4.79 Å². The van der Waals surface area contributed by atoms with E-state index in [2.05, 4.69) is 5.32 Å². The first-order chi connectivity index (χ1) is 12.7. The van der Waals surface area contributed by atoms with Crippen LogP contribution in [0.5, 0.6) is 5.75 Å². The SMILES string of the molecule is CC(C)(C)Oc1ccc(C(O)C(O)CNC(=O)OCc2ccccc2)cc1. The number of alkyl carbamates (subject to hydrolysis) is 1. The number of rotatable bonds is 7. The largest absolute Gasteiger partial charge is 0.488 e. The van der Waals surface area contributed by atoms with E-state index >= 15 is 0 Å². The number of aliphatic hydroxyl groups excluding tert-OH is 2. The van der Waals surface area contributed by atoms with Gasteiger partial charge in [0.1, 0.15) is 30.2 Å². The van der Waals surface area contributed by atoms with Crippen LogP contribution in [0.3, 0.4) is 0 Å². The Labute approximate surface area is 159 Å². The maximum Gasteiger partial charge on any atom is 0.407 e. The molecule has 0 saturated carbocycles. The maximum atomic E-state index is 11.7. The average molecular weight is 373 g/mol. The van der Waals surface area contributed by atoms with E-state index in [1.807, 2.05) is 51.1 Å². The molecule has 0 bridgehead atoms. The van der Waals surface area contributed by atoms with Crippen LogP contribution in [-0.4, -0.2) is 34.6 Å². The second-order valence-electron chi connectivity index (χ2n) is 7.24. The Hall–Kier alpha value is -2.57. The number of ether oxygens (including phenoxy) is 2. The van der Waals surface area contributed by atoms with E-state index in [0.29, 0.717) is 11.3 Å². The molecule has 0 fully saturated rings. The maximum absolute atomic E-state index is 11.7. The first kappa shape index (κ1) is 20.7. The lowest BCUT2D eigenvalue weighted by Gasteiger charge is -2.22. The zero-order chi connectivity index (χ0) is 19.9. The van der Waals surface area contributed by atoms with Gasteiger partial charge < -0.3 is 25.0 Å². The summed E-state index contributed by atoms with van der Waals surface area (Å²) in [5.41, 5.74) is 1.08. The number of hydrogen-bond donors (Lipinski definition) is 3. The normalized spacial score (nSPS) is 13.5. The summed E-state index contributed by atoms with van der Waals surface area (Å²) >= 11 is 0. The summed E-state index contributed by atoms with van der Waals surface area (Å²) in [6, 6.07) is 16.1. The lowest BCUT2D eigenvalue weighted by atomic mass is 10.0. The van der Waals surface area contributed by atoms with Crippen molar-refractivity contribution in [2.75, 3.05) is 6.54 Å². The van der Waals surface area contributed by atoms with Gasteiger partial charge in [0, 0.05) is 6.54 Å². The van der Waals surface area contributed by atoms with Gasteiger partial charge in [-0.05, 0) is 44.0 Å². The smallest absolute Gasteiger partial charge is 0.407 e. The van der Waals surface area contributed by atoms with E-state index in [-0.39, 0.29) is 18.8 Å². The summed E-state index contributed by atoms with van der Waals surface area (Å²) in [7, 11) is 0. The predicted molar refractivity (Wildman–Crippen MR) is 102 cm³/mol. The molecule has 6 nitrogen and oxygen atoms in total. The van der Waals surface area contributed by atoms with Gasteiger partial charge in [-0.2, -0.15) is 0 Å². The van der Waals surface area contributed by atoms with Crippen molar-refractivity contribution in [1.29, 1.82) is 0 Å². The molecule has 0 saturated heterocycles. The van der Waals surface area contributed by atoms with Crippen LogP contribution in [0.1, 0.15) is 38.0 Å². The molecule has 3 N–H and O–H groups in total. The summed E-state index contributed by atoms with van der Waals surface area (Å²) in [5.74, 6) is 0.676. The molecule has 2 unspecified atom stereocenters. The molecule has 2 rings (SSSR count). The zero-order valence-electron chi connectivity index (χ0n) is 15.9. The van der Waals surface area contributed by atoms with Gasteiger partial charge in [0.05, 0.1) is 0 Å². The van der Waals surface area contributed by atoms with Crippen molar-refractivity contribution in [3.8, 4) is 5.75 Å². The first-order valence-corrected chi connectivity index (χ1v) is 8.84. The highest BCUT2D eigenvalue weighted by molar-refractivity contribution is 5.67. The molecule has 1 amide bonds. The summed E-state index contributed by atoms with van der Waals surface area (Å²) in [5, 5.41) is 22.8. The van der Waals surface area contributed by atoms with Crippen LogP contribution in [0, 0.1) is 0 Å². The molecule has 27 heavy (non-hydrogen) atoms. The highest BCUT2D eigenvalue weighted by Gasteiger charge is 2.20. The fourth-order valence-electron chi connectivity index (χ4n) is 2.38. The number of nitrogens with one attached hydrogen (secondary N) is 1. The fourth-order valence-corrected chi connectivity index (χ4v) is 2.38. The molecule has 0 heterocycles. The molecule has 2 atom stereocenters. The van der Waals surface area contributed by atoms with Gasteiger partial charge in [0.2, 0.25) is 0 Å². The highest BCUT2D eigenvalue weighted by Crippen LogP contribution is 2.23. The molecular formula is C21H27NO5. The quantitative estimate of drug-likeness (QED) is 0.694. The minimum atomic E-state index is -1.16. The van der Waals surface area contributed by atoms with Crippen LogP contribution >= 0.6 is 0 Å². The summed E-state index contributed by atoms with van der Waals surface area (Å²) in [4.78, 5) is 11.7. The number of carbonyl (C=O) groups is 1. The standard InChI is InChI=1S/C21H27NO5/c1-21(2,3)27-17-11-9-16(10-12-17)19(24)18(23)13-22-20(25)26-14-15-7-5-4-6-8-15/h4-12,18-19,23-24H,13-14H2,1-3H3,(H,22,25). The topological polar surface area (TPSA) is 88.0 Å². The number of aliphatic hydroxyl groups is 2. The van der Waals surface area contributed by atoms with E-state index < -0.39 is 18.3 Å². The molecule has 0 aliphatic heterocycles. The third kappa shape index (κ3) is 7.29. The van der Waals surface area contributed by atoms with Crippen molar-refractivity contribution in [2.45, 2.75) is 45.2 Å². The third-order valence-electron chi connectivity index (χ3n) is 3.68. The van der Waals surface area contributed by atoms with Gasteiger partial charge in [-0.1, -0.05) is 42.5 Å². The van der Waals surface area contributed by atoms with Crippen molar-refractivity contribution < 1.29 is 24.5 Å². The van der Waals surface area contributed by atoms with Crippen molar-refractivity contribution in [3.05, 3.63) is 65.7 Å². The van der Waals surface area contributed by atoms with E-state index in [9.17, 15) is 15.0 Å². The second kappa shape index (κ2) is 9.39.